The number of nitrogens with two attached hydrogens (primary N) is 1. The highest BCUT2D eigenvalue weighted by Gasteiger charge is 2.19. The van der Waals surface area contributed by atoms with Crippen LogP contribution in [0.15, 0.2) is 48.7 Å². The summed E-state index contributed by atoms with van der Waals surface area (Å²) in [6, 6.07) is 13.5. The van der Waals surface area contributed by atoms with E-state index in [1.807, 2.05) is 24.3 Å². The normalized spacial score (nSPS) is 13.0. The van der Waals surface area contributed by atoms with Gasteiger partial charge in [-0.1, -0.05) is 6.07 Å². The molecule has 0 aliphatic carbocycles. The number of nitrogens with one attached hydrogen (secondary N) is 2. The zero-order valence-corrected chi connectivity index (χ0v) is 15.6. The first-order valence-corrected chi connectivity index (χ1v) is 9.07. The van der Waals surface area contributed by atoms with E-state index in [0.717, 1.165) is 30.9 Å². The predicted octanol–water partition coefficient (Wildman–Crippen LogP) is 3.37. The van der Waals surface area contributed by atoms with Crippen LogP contribution < -0.4 is 20.7 Å². The SMILES string of the molecule is COc1ccc2c(c1)CCN(c1nccc(Nc3ccc(N)c(C=N)c3)n1)C2. The van der Waals surface area contributed by atoms with Gasteiger partial charge in [-0.25, -0.2) is 4.98 Å². The van der Waals surface area contributed by atoms with Crippen LogP contribution in [0.5, 0.6) is 5.75 Å². The van der Waals surface area contributed by atoms with Crippen LogP contribution in [0.25, 0.3) is 0 Å². The van der Waals surface area contributed by atoms with E-state index >= 15 is 0 Å². The fraction of sp³-hybridized carbons (Fsp3) is 0.190. The van der Waals surface area contributed by atoms with Crippen LogP contribution in [0.1, 0.15) is 16.7 Å². The van der Waals surface area contributed by atoms with Crippen LogP contribution in [0.2, 0.25) is 0 Å². The third-order valence-electron chi connectivity index (χ3n) is 4.87. The number of benzene rings is 2. The van der Waals surface area contributed by atoms with Crippen LogP contribution in [0.3, 0.4) is 0 Å². The van der Waals surface area contributed by atoms with Gasteiger partial charge in [0.15, 0.2) is 0 Å². The van der Waals surface area contributed by atoms with Gasteiger partial charge in [0.2, 0.25) is 5.95 Å². The summed E-state index contributed by atoms with van der Waals surface area (Å²) < 4.78 is 5.32. The molecule has 0 fully saturated rings. The Kier molecular flexibility index (Phi) is 4.80. The third-order valence-corrected chi connectivity index (χ3v) is 4.87. The molecule has 1 aromatic heterocycles. The molecule has 1 aliphatic heterocycles. The highest BCUT2D eigenvalue weighted by Crippen LogP contribution is 2.26. The van der Waals surface area contributed by atoms with E-state index in [2.05, 4.69) is 32.3 Å². The highest BCUT2D eigenvalue weighted by molar-refractivity contribution is 5.87. The maximum Gasteiger partial charge on any atom is 0.227 e. The van der Waals surface area contributed by atoms with Crippen molar-refractivity contribution in [1.82, 2.24) is 9.97 Å². The minimum absolute atomic E-state index is 0.576. The number of hydrogen-bond donors (Lipinski definition) is 3. The lowest BCUT2D eigenvalue weighted by atomic mass is 10.00. The first kappa shape index (κ1) is 17.8. The van der Waals surface area contributed by atoms with E-state index in [1.54, 1.807) is 19.4 Å². The van der Waals surface area contributed by atoms with Gasteiger partial charge >= 0.3 is 0 Å². The molecule has 0 radical (unpaired) electrons. The number of fused-ring (bicyclic) bond motifs is 1. The highest BCUT2D eigenvalue weighted by atomic mass is 16.5. The van der Waals surface area contributed by atoms with E-state index < -0.39 is 0 Å². The Labute approximate surface area is 163 Å². The Bertz CT molecular complexity index is 1020. The van der Waals surface area contributed by atoms with Crippen molar-refractivity contribution in [3.8, 4) is 5.75 Å². The molecule has 7 nitrogen and oxygen atoms in total. The molecule has 0 spiro atoms. The van der Waals surface area contributed by atoms with Gasteiger partial charge in [-0.15, -0.1) is 0 Å². The molecular formula is C21H22N6O. The van der Waals surface area contributed by atoms with Gasteiger partial charge in [-0.05, 0) is 53.9 Å². The molecule has 3 aromatic rings. The quantitative estimate of drug-likeness (QED) is 0.468. The average Bonchev–Trinajstić information content (AvgIpc) is 2.74. The topological polar surface area (TPSA) is 100 Å². The molecule has 2 heterocycles. The lowest BCUT2D eigenvalue weighted by Crippen LogP contribution is -2.31. The number of hydrogen-bond acceptors (Lipinski definition) is 7. The molecule has 4 N–H and O–H groups in total. The summed E-state index contributed by atoms with van der Waals surface area (Å²) >= 11 is 0. The molecule has 0 bridgehead atoms. The van der Waals surface area contributed by atoms with Gasteiger partial charge in [-0.3, -0.25) is 0 Å². The second-order valence-corrected chi connectivity index (χ2v) is 6.66. The average molecular weight is 374 g/mol. The smallest absolute Gasteiger partial charge is 0.227 e. The second kappa shape index (κ2) is 7.56. The third kappa shape index (κ3) is 3.59. The first-order valence-electron chi connectivity index (χ1n) is 9.07. The number of rotatable bonds is 5. The van der Waals surface area contributed by atoms with Gasteiger partial charge < -0.3 is 26.1 Å². The molecule has 4 rings (SSSR count). The lowest BCUT2D eigenvalue weighted by molar-refractivity contribution is 0.413. The van der Waals surface area contributed by atoms with Crippen LogP contribution in [-0.4, -0.2) is 29.8 Å². The summed E-state index contributed by atoms with van der Waals surface area (Å²) in [7, 11) is 1.69. The summed E-state index contributed by atoms with van der Waals surface area (Å²) in [5.74, 6) is 2.28. The van der Waals surface area contributed by atoms with E-state index in [0.29, 0.717) is 23.0 Å². The maximum atomic E-state index is 7.44. The van der Waals surface area contributed by atoms with Gasteiger partial charge in [0.1, 0.15) is 11.6 Å². The molecule has 0 saturated heterocycles. The van der Waals surface area contributed by atoms with E-state index in [4.69, 9.17) is 15.9 Å². The van der Waals surface area contributed by atoms with Crippen molar-refractivity contribution in [2.24, 2.45) is 0 Å². The molecule has 7 heteroatoms. The zero-order chi connectivity index (χ0) is 19.5. The van der Waals surface area contributed by atoms with Crippen molar-refractivity contribution in [3.05, 3.63) is 65.4 Å². The number of nitrogen functional groups attached to an aromatic ring is 1. The number of methoxy groups -OCH3 is 1. The molecule has 0 amide bonds. The minimum Gasteiger partial charge on any atom is -0.497 e. The van der Waals surface area contributed by atoms with Crippen molar-refractivity contribution in [1.29, 1.82) is 5.41 Å². The molecule has 28 heavy (non-hydrogen) atoms. The van der Waals surface area contributed by atoms with Crippen LogP contribution >= 0.6 is 0 Å². The number of aromatic nitrogens is 2. The largest absolute Gasteiger partial charge is 0.497 e. The zero-order valence-electron chi connectivity index (χ0n) is 15.6. The molecule has 0 atom stereocenters. The summed E-state index contributed by atoms with van der Waals surface area (Å²) in [5.41, 5.74) is 10.5. The van der Waals surface area contributed by atoms with E-state index in [-0.39, 0.29) is 0 Å². The Hall–Kier alpha value is -3.61. The van der Waals surface area contributed by atoms with Gasteiger partial charge in [0.25, 0.3) is 0 Å². The predicted molar refractivity (Wildman–Crippen MR) is 112 cm³/mol. The van der Waals surface area contributed by atoms with Crippen LogP contribution in [0.4, 0.5) is 23.1 Å². The van der Waals surface area contributed by atoms with Crippen molar-refractivity contribution in [2.75, 3.05) is 29.6 Å². The van der Waals surface area contributed by atoms with Crippen molar-refractivity contribution in [2.45, 2.75) is 13.0 Å². The van der Waals surface area contributed by atoms with E-state index in [1.165, 1.54) is 17.3 Å². The van der Waals surface area contributed by atoms with Gasteiger partial charge in [-0.2, -0.15) is 4.98 Å². The second-order valence-electron chi connectivity index (χ2n) is 6.66. The summed E-state index contributed by atoms with van der Waals surface area (Å²) in [4.78, 5) is 11.3. The van der Waals surface area contributed by atoms with Crippen LogP contribution in [-0.2, 0) is 13.0 Å². The number of anilines is 4. The van der Waals surface area contributed by atoms with Gasteiger partial charge in [0, 0.05) is 42.4 Å². The van der Waals surface area contributed by atoms with E-state index in [9.17, 15) is 0 Å². The Morgan fingerprint density at radius 3 is 2.89 bits per heavy atom. The molecule has 0 saturated carbocycles. The van der Waals surface area contributed by atoms with Crippen LogP contribution in [0, 0.1) is 5.41 Å². The monoisotopic (exact) mass is 374 g/mol. The minimum atomic E-state index is 0.576. The first-order chi connectivity index (χ1) is 13.7. The molecule has 2 aromatic carbocycles. The van der Waals surface area contributed by atoms with Crippen molar-refractivity contribution in [3.63, 3.8) is 0 Å². The summed E-state index contributed by atoms with van der Waals surface area (Å²) in [5, 5.41) is 10.7. The lowest BCUT2D eigenvalue weighted by Gasteiger charge is -2.29. The number of nitrogens with zero attached hydrogens (tertiary/aromatic N) is 3. The standard InChI is InChI=1S/C21H22N6O/c1-28-18-4-2-15-13-27(9-7-14(15)11-18)21-24-8-6-20(26-21)25-17-3-5-19(23)16(10-17)12-22/h2-6,8,10-12,22H,7,9,13,23H2,1H3,(H,24,25,26). The summed E-state index contributed by atoms with van der Waals surface area (Å²) in [6.07, 6.45) is 3.92. The maximum absolute atomic E-state index is 7.44. The molecule has 0 unspecified atom stereocenters. The Morgan fingerprint density at radius 2 is 2.07 bits per heavy atom. The number of ether oxygens (including phenoxy) is 1. The van der Waals surface area contributed by atoms with Crippen molar-refractivity contribution < 1.29 is 4.74 Å². The fourth-order valence-electron chi connectivity index (χ4n) is 3.32. The summed E-state index contributed by atoms with van der Waals surface area (Å²) in [6.45, 7) is 1.62. The molecule has 1 aliphatic rings. The van der Waals surface area contributed by atoms with Gasteiger partial charge in [0.05, 0.1) is 7.11 Å². The van der Waals surface area contributed by atoms with Crippen molar-refractivity contribution >= 4 is 29.4 Å². The molecule has 142 valence electrons. The molecular weight excluding hydrogens is 352 g/mol. The Balaban J connectivity index is 1.53. The fourth-order valence-corrected chi connectivity index (χ4v) is 3.32. The Morgan fingerprint density at radius 1 is 1.18 bits per heavy atom.